The SMILES string of the molecule is Cc1cncc(N2C(=O)NC3(CC3)C2=O)c1. The molecule has 3 amide bonds. The average Bonchev–Trinajstić information content (AvgIpc) is 2.94. The summed E-state index contributed by atoms with van der Waals surface area (Å²) in [6.45, 7) is 1.88. The number of pyridine rings is 1. The van der Waals surface area contributed by atoms with E-state index >= 15 is 0 Å². The van der Waals surface area contributed by atoms with Crippen LogP contribution in [0, 0.1) is 6.92 Å². The maximum atomic E-state index is 12.0. The van der Waals surface area contributed by atoms with Crippen molar-refractivity contribution in [2.24, 2.45) is 0 Å². The fourth-order valence-corrected chi connectivity index (χ4v) is 1.98. The molecule has 0 radical (unpaired) electrons. The molecular weight excluding hydrogens is 206 g/mol. The largest absolute Gasteiger partial charge is 0.329 e. The molecule has 1 aliphatic heterocycles. The van der Waals surface area contributed by atoms with Gasteiger partial charge in [-0.05, 0) is 31.4 Å². The topological polar surface area (TPSA) is 62.3 Å². The Morgan fingerprint density at radius 1 is 1.38 bits per heavy atom. The smallest absolute Gasteiger partial charge is 0.323 e. The van der Waals surface area contributed by atoms with Gasteiger partial charge in [-0.1, -0.05) is 0 Å². The van der Waals surface area contributed by atoms with Crippen molar-refractivity contribution in [2.75, 3.05) is 4.90 Å². The molecule has 1 aromatic heterocycles. The molecule has 1 saturated heterocycles. The van der Waals surface area contributed by atoms with Gasteiger partial charge in [-0.15, -0.1) is 0 Å². The van der Waals surface area contributed by atoms with Gasteiger partial charge in [0, 0.05) is 6.20 Å². The fourth-order valence-electron chi connectivity index (χ4n) is 1.98. The van der Waals surface area contributed by atoms with E-state index in [4.69, 9.17) is 0 Å². The van der Waals surface area contributed by atoms with E-state index in [2.05, 4.69) is 10.3 Å². The monoisotopic (exact) mass is 217 g/mol. The van der Waals surface area contributed by atoms with E-state index in [0.717, 1.165) is 18.4 Å². The van der Waals surface area contributed by atoms with Crippen LogP contribution < -0.4 is 10.2 Å². The first-order valence-electron chi connectivity index (χ1n) is 5.21. The number of anilines is 1. The van der Waals surface area contributed by atoms with Gasteiger partial charge in [0.2, 0.25) is 0 Å². The zero-order valence-corrected chi connectivity index (χ0v) is 8.86. The maximum absolute atomic E-state index is 12.0. The molecule has 0 aromatic carbocycles. The third-order valence-corrected chi connectivity index (χ3v) is 3.03. The molecule has 16 heavy (non-hydrogen) atoms. The second kappa shape index (κ2) is 2.81. The number of urea groups is 1. The van der Waals surface area contributed by atoms with Crippen LogP contribution in [0.15, 0.2) is 18.5 Å². The number of nitrogens with zero attached hydrogens (tertiary/aromatic N) is 2. The molecule has 2 aliphatic rings. The van der Waals surface area contributed by atoms with Crippen LogP contribution in [-0.2, 0) is 4.79 Å². The Labute approximate surface area is 92.5 Å². The van der Waals surface area contributed by atoms with Crippen molar-refractivity contribution in [1.82, 2.24) is 10.3 Å². The van der Waals surface area contributed by atoms with E-state index in [1.807, 2.05) is 6.92 Å². The summed E-state index contributed by atoms with van der Waals surface area (Å²) < 4.78 is 0. The number of hydrogen-bond acceptors (Lipinski definition) is 3. The highest BCUT2D eigenvalue weighted by molar-refractivity contribution is 6.24. The number of aryl methyl sites for hydroxylation is 1. The van der Waals surface area contributed by atoms with Crippen LogP contribution >= 0.6 is 0 Å². The Bertz CT molecular complexity index is 494. The molecule has 1 N–H and O–H groups in total. The number of nitrogens with one attached hydrogen (secondary N) is 1. The van der Waals surface area contributed by atoms with Crippen LogP contribution in [0.5, 0.6) is 0 Å². The van der Waals surface area contributed by atoms with Gasteiger partial charge in [0.05, 0.1) is 11.9 Å². The summed E-state index contributed by atoms with van der Waals surface area (Å²) in [5, 5.41) is 2.73. The van der Waals surface area contributed by atoms with Crippen LogP contribution in [0.25, 0.3) is 0 Å². The molecule has 2 heterocycles. The Morgan fingerprint density at radius 2 is 2.12 bits per heavy atom. The molecule has 1 saturated carbocycles. The minimum atomic E-state index is -0.596. The second-order valence-electron chi connectivity index (χ2n) is 4.37. The maximum Gasteiger partial charge on any atom is 0.329 e. The molecule has 0 bridgehead atoms. The summed E-state index contributed by atoms with van der Waals surface area (Å²) in [5.74, 6) is -0.148. The number of carbonyl (C=O) groups is 2. The number of carbonyl (C=O) groups excluding carboxylic acids is 2. The second-order valence-corrected chi connectivity index (χ2v) is 4.37. The number of amides is 3. The molecule has 1 spiro atoms. The van der Waals surface area contributed by atoms with Crippen molar-refractivity contribution in [1.29, 1.82) is 0 Å². The molecule has 5 heteroatoms. The van der Waals surface area contributed by atoms with Crippen LogP contribution in [0.4, 0.5) is 10.5 Å². The van der Waals surface area contributed by atoms with Crippen molar-refractivity contribution in [3.05, 3.63) is 24.0 Å². The molecule has 5 nitrogen and oxygen atoms in total. The normalized spacial score (nSPS) is 21.4. The van der Waals surface area contributed by atoms with Gasteiger partial charge in [-0.25, -0.2) is 9.69 Å². The van der Waals surface area contributed by atoms with E-state index in [0.29, 0.717) is 5.69 Å². The zero-order chi connectivity index (χ0) is 11.3. The van der Waals surface area contributed by atoms with Gasteiger partial charge >= 0.3 is 6.03 Å². The van der Waals surface area contributed by atoms with E-state index in [9.17, 15) is 9.59 Å². The third-order valence-electron chi connectivity index (χ3n) is 3.03. The molecule has 0 atom stereocenters. The Kier molecular flexibility index (Phi) is 1.64. The summed E-state index contributed by atoms with van der Waals surface area (Å²) in [6, 6.07) is 1.45. The summed E-state index contributed by atoms with van der Waals surface area (Å²) in [5.41, 5.74) is 0.877. The summed E-state index contributed by atoms with van der Waals surface area (Å²) in [7, 11) is 0. The number of rotatable bonds is 1. The van der Waals surface area contributed by atoms with Crippen LogP contribution in [0.3, 0.4) is 0 Å². The lowest BCUT2D eigenvalue weighted by molar-refractivity contribution is -0.119. The van der Waals surface area contributed by atoms with Gasteiger partial charge in [-0.3, -0.25) is 9.78 Å². The molecule has 1 aromatic rings. The van der Waals surface area contributed by atoms with E-state index in [-0.39, 0.29) is 11.9 Å². The fraction of sp³-hybridized carbons (Fsp3) is 0.364. The molecule has 82 valence electrons. The van der Waals surface area contributed by atoms with Crippen LogP contribution in [0.1, 0.15) is 18.4 Å². The zero-order valence-electron chi connectivity index (χ0n) is 8.86. The third kappa shape index (κ3) is 1.14. The highest BCUT2D eigenvalue weighted by atomic mass is 16.2. The molecule has 1 aliphatic carbocycles. The van der Waals surface area contributed by atoms with E-state index in [1.165, 1.54) is 11.1 Å². The van der Waals surface area contributed by atoms with Crippen molar-refractivity contribution in [3.63, 3.8) is 0 Å². The lowest BCUT2D eigenvalue weighted by Gasteiger charge is -2.12. The van der Waals surface area contributed by atoms with Gasteiger partial charge in [0.25, 0.3) is 5.91 Å². The predicted octanol–water partition coefficient (Wildman–Crippen LogP) is 0.979. The molecule has 0 unspecified atom stereocenters. The number of aromatic nitrogens is 1. The highest BCUT2D eigenvalue weighted by Crippen LogP contribution is 2.42. The van der Waals surface area contributed by atoms with Gasteiger partial charge < -0.3 is 5.32 Å². The van der Waals surface area contributed by atoms with Gasteiger partial charge in [0.15, 0.2) is 0 Å². The van der Waals surface area contributed by atoms with Gasteiger partial charge in [0.1, 0.15) is 5.54 Å². The van der Waals surface area contributed by atoms with Crippen molar-refractivity contribution in [3.8, 4) is 0 Å². The van der Waals surface area contributed by atoms with Gasteiger partial charge in [-0.2, -0.15) is 0 Å². The quantitative estimate of drug-likeness (QED) is 0.713. The summed E-state index contributed by atoms with van der Waals surface area (Å²) in [6.07, 6.45) is 4.71. The summed E-state index contributed by atoms with van der Waals surface area (Å²) in [4.78, 5) is 28.9. The number of imide groups is 1. The van der Waals surface area contributed by atoms with E-state index in [1.54, 1.807) is 12.3 Å². The Balaban J connectivity index is 2.01. The van der Waals surface area contributed by atoms with E-state index < -0.39 is 5.54 Å². The molecular formula is C11H11N3O2. The van der Waals surface area contributed by atoms with Crippen molar-refractivity contribution < 1.29 is 9.59 Å². The average molecular weight is 217 g/mol. The van der Waals surface area contributed by atoms with Crippen molar-refractivity contribution in [2.45, 2.75) is 25.3 Å². The minimum absolute atomic E-state index is 0.148. The minimum Gasteiger partial charge on any atom is -0.323 e. The Morgan fingerprint density at radius 3 is 2.69 bits per heavy atom. The Hall–Kier alpha value is -1.91. The summed E-state index contributed by atoms with van der Waals surface area (Å²) >= 11 is 0. The first-order chi connectivity index (χ1) is 7.62. The van der Waals surface area contributed by atoms with Crippen LogP contribution in [0.2, 0.25) is 0 Å². The first kappa shape index (κ1) is 9.33. The molecule has 2 fully saturated rings. The lowest BCUT2D eigenvalue weighted by atomic mass is 10.2. The standard InChI is InChI=1S/C11H11N3O2/c1-7-4-8(6-12-5-7)14-9(15)11(2-3-11)13-10(14)16/h4-6H,2-3H2,1H3,(H,13,16). The lowest BCUT2D eigenvalue weighted by Crippen LogP contribution is -2.32. The van der Waals surface area contributed by atoms with Crippen LogP contribution in [-0.4, -0.2) is 22.5 Å². The number of hydrogen-bond donors (Lipinski definition) is 1. The first-order valence-corrected chi connectivity index (χ1v) is 5.21. The highest BCUT2D eigenvalue weighted by Gasteiger charge is 2.59. The molecule has 3 rings (SSSR count). The van der Waals surface area contributed by atoms with Crippen molar-refractivity contribution >= 4 is 17.6 Å². The predicted molar refractivity (Wildman–Crippen MR) is 57.0 cm³/mol.